The first kappa shape index (κ1) is 17.6. The molecule has 3 saturated heterocycles. The summed E-state index contributed by atoms with van der Waals surface area (Å²) in [4.78, 5) is 16.2. The summed E-state index contributed by atoms with van der Waals surface area (Å²) in [6, 6.07) is 8.38. The van der Waals surface area contributed by atoms with Crippen molar-refractivity contribution in [1.29, 1.82) is 0 Å². The lowest BCUT2D eigenvalue weighted by atomic mass is 9.88. The number of likely N-dealkylation sites (tertiary alicyclic amines) is 1. The molecule has 3 fully saturated rings. The Labute approximate surface area is 158 Å². The van der Waals surface area contributed by atoms with E-state index in [2.05, 4.69) is 33.2 Å². The van der Waals surface area contributed by atoms with Crippen molar-refractivity contribution < 1.29 is 4.79 Å². The summed E-state index contributed by atoms with van der Waals surface area (Å²) in [5, 5.41) is 4.77. The van der Waals surface area contributed by atoms with Crippen LogP contribution in [0.5, 0.6) is 0 Å². The van der Waals surface area contributed by atoms with Crippen molar-refractivity contribution in [2.45, 2.75) is 41.5 Å². The first-order valence-corrected chi connectivity index (χ1v) is 10.4. The number of benzene rings is 1. The van der Waals surface area contributed by atoms with Gasteiger partial charge in [0.2, 0.25) is 5.91 Å². The minimum Gasteiger partial charge on any atom is -0.341 e. The molecule has 0 radical (unpaired) electrons. The second-order valence-corrected chi connectivity index (χ2v) is 8.94. The zero-order valence-electron chi connectivity index (χ0n) is 14.2. The van der Waals surface area contributed by atoms with Crippen LogP contribution in [0.15, 0.2) is 29.2 Å². The molecule has 3 unspecified atom stereocenters. The molecule has 5 nitrogen and oxygen atoms in total. The van der Waals surface area contributed by atoms with Crippen molar-refractivity contribution in [2.75, 3.05) is 26.2 Å². The number of halogens is 1. The molecule has 25 heavy (non-hydrogen) atoms. The number of nitrogens with zero attached hydrogens (tertiary/aromatic N) is 1. The first-order chi connectivity index (χ1) is 12.2. The fourth-order valence-corrected chi connectivity index (χ4v) is 5.31. The van der Waals surface area contributed by atoms with E-state index >= 15 is 0 Å². The van der Waals surface area contributed by atoms with Crippen molar-refractivity contribution in [3.63, 3.8) is 0 Å². The van der Waals surface area contributed by atoms with Crippen LogP contribution in [-0.4, -0.2) is 54.3 Å². The van der Waals surface area contributed by atoms with Gasteiger partial charge in [-0.05, 0) is 50.1 Å². The van der Waals surface area contributed by atoms with E-state index in [0.29, 0.717) is 17.2 Å². The lowest BCUT2D eigenvalue weighted by Crippen LogP contribution is -2.52. The fraction of sp³-hybridized carbons (Fsp3) is 0.611. The summed E-state index contributed by atoms with van der Waals surface area (Å²) in [5.74, 6) is 0.626. The highest BCUT2D eigenvalue weighted by atomic mass is 35.5. The van der Waals surface area contributed by atoms with Gasteiger partial charge in [0.15, 0.2) is 0 Å². The number of amides is 1. The number of nitrogens with one attached hydrogen (secondary N) is 3. The third-order valence-corrected chi connectivity index (χ3v) is 7.12. The van der Waals surface area contributed by atoms with Crippen molar-refractivity contribution in [2.24, 2.45) is 5.92 Å². The number of fused-ring (bicyclic) bond motifs is 1. The highest BCUT2D eigenvalue weighted by molar-refractivity contribution is 8.00. The summed E-state index contributed by atoms with van der Waals surface area (Å²) in [5.41, 5.74) is 6.58. The molecule has 0 aliphatic carbocycles. The van der Waals surface area contributed by atoms with Crippen molar-refractivity contribution in [3.05, 3.63) is 29.3 Å². The smallest absolute Gasteiger partial charge is 0.241 e. The van der Waals surface area contributed by atoms with E-state index in [1.807, 2.05) is 23.9 Å². The number of hydrogen-bond donors (Lipinski definition) is 3. The second kappa shape index (κ2) is 7.84. The fourth-order valence-electron chi connectivity index (χ4n) is 4.06. The zero-order chi connectivity index (χ0) is 17.2. The maximum absolute atomic E-state index is 12.9. The molecule has 1 amide bonds. The minimum atomic E-state index is -0.0849. The van der Waals surface area contributed by atoms with Gasteiger partial charge in [-0.1, -0.05) is 11.6 Å². The average molecular weight is 381 g/mol. The van der Waals surface area contributed by atoms with Gasteiger partial charge in [0.05, 0.1) is 0 Å². The Kier molecular flexibility index (Phi) is 5.53. The molecule has 0 saturated carbocycles. The lowest BCUT2D eigenvalue weighted by Gasteiger charge is -2.35. The molecule has 136 valence electrons. The van der Waals surface area contributed by atoms with Crippen LogP contribution in [0.25, 0.3) is 0 Å². The van der Waals surface area contributed by atoms with Crippen LogP contribution in [0, 0.1) is 5.92 Å². The van der Waals surface area contributed by atoms with E-state index in [0.717, 1.165) is 50.5 Å². The summed E-state index contributed by atoms with van der Waals surface area (Å²) >= 11 is 7.85. The van der Waals surface area contributed by atoms with Crippen LogP contribution >= 0.6 is 23.4 Å². The molecule has 3 aliphatic rings. The van der Waals surface area contributed by atoms with Crippen LogP contribution < -0.4 is 16.2 Å². The van der Waals surface area contributed by atoms with Gasteiger partial charge < -0.3 is 10.2 Å². The minimum absolute atomic E-state index is 0.0849. The predicted molar refractivity (Wildman–Crippen MR) is 102 cm³/mol. The second-order valence-electron chi connectivity index (χ2n) is 7.13. The number of piperidine rings is 2. The lowest BCUT2D eigenvalue weighted by molar-refractivity contribution is -0.135. The van der Waals surface area contributed by atoms with E-state index in [1.54, 1.807) is 0 Å². The average Bonchev–Trinajstić information content (AvgIpc) is 3.08. The van der Waals surface area contributed by atoms with Crippen molar-refractivity contribution >= 4 is 29.3 Å². The third-order valence-electron chi connectivity index (χ3n) is 5.52. The molecule has 3 atom stereocenters. The molecule has 4 rings (SSSR count). The van der Waals surface area contributed by atoms with Crippen LogP contribution in [0.1, 0.15) is 19.3 Å². The molecule has 7 heteroatoms. The van der Waals surface area contributed by atoms with Crippen LogP contribution in [-0.2, 0) is 4.79 Å². The molecule has 3 N–H and O–H groups in total. The highest BCUT2D eigenvalue weighted by Gasteiger charge is 2.43. The van der Waals surface area contributed by atoms with Gasteiger partial charge in [0.1, 0.15) is 6.04 Å². The molecule has 0 bridgehead atoms. The molecule has 3 aliphatic heterocycles. The van der Waals surface area contributed by atoms with Gasteiger partial charge in [-0.2, -0.15) is 0 Å². The van der Waals surface area contributed by atoms with Crippen LogP contribution in [0.4, 0.5) is 0 Å². The number of hydrogen-bond acceptors (Lipinski definition) is 5. The van der Waals surface area contributed by atoms with Crippen molar-refractivity contribution in [1.82, 2.24) is 21.1 Å². The van der Waals surface area contributed by atoms with Crippen LogP contribution in [0.3, 0.4) is 0 Å². The largest absolute Gasteiger partial charge is 0.341 e. The van der Waals surface area contributed by atoms with Gasteiger partial charge in [0, 0.05) is 46.8 Å². The van der Waals surface area contributed by atoms with Gasteiger partial charge >= 0.3 is 0 Å². The quantitative estimate of drug-likeness (QED) is 0.747. The normalized spacial score (nSPS) is 30.3. The molecular formula is C18H25ClN4OS. The van der Waals surface area contributed by atoms with E-state index < -0.39 is 0 Å². The number of thioether (sulfide) groups is 1. The molecule has 0 spiro atoms. The number of carbonyl (C=O) groups excluding carboxylic acids is 1. The SMILES string of the molecule is O=C(C1NNC2CCNCC21)N1CCC(Sc2ccc(Cl)cc2)CC1. The number of hydrazine groups is 1. The third kappa shape index (κ3) is 3.98. The molecule has 3 heterocycles. The number of carbonyl (C=O) groups is 1. The van der Waals surface area contributed by atoms with Gasteiger partial charge in [0.25, 0.3) is 0 Å². The molecular weight excluding hydrogens is 356 g/mol. The summed E-state index contributed by atoms with van der Waals surface area (Å²) in [7, 11) is 0. The Morgan fingerprint density at radius 1 is 1.12 bits per heavy atom. The Balaban J connectivity index is 1.29. The zero-order valence-corrected chi connectivity index (χ0v) is 15.8. The molecule has 0 aromatic heterocycles. The highest BCUT2D eigenvalue weighted by Crippen LogP contribution is 2.32. The summed E-state index contributed by atoms with van der Waals surface area (Å²) in [6.07, 6.45) is 3.18. The van der Waals surface area contributed by atoms with Gasteiger partial charge in [-0.3, -0.25) is 10.2 Å². The van der Waals surface area contributed by atoms with E-state index in [1.165, 1.54) is 4.90 Å². The van der Waals surface area contributed by atoms with Gasteiger partial charge in [-0.25, -0.2) is 5.43 Å². The Morgan fingerprint density at radius 3 is 2.64 bits per heavy atom. The maximum atomic E-state index is 12.9. The van der Waals surface area contributed by atoms with E-state index in [4.69, 9.17) is 11.6 Å². The Bertz CT molecular complexity index is 606. The first-order valence-electron chi connectivity index (χ1n) is 9.13. The number of rotatable bonds is 3. The summed E-state index contributed by atoms with van der Waals surface area (Å²) in [6.45, 7) is 3.66. The standard InChI is InChI=1S/C18H25ClN4OS/c19-12-1-3-13(4-2-12)25-14-6-9-23(10-7-14)18(24)17-15-11-20-8-5-16(15)21-22-17/h1-4,14-17,20-22H,5-11H2. The summed E-state index contributed by atoms with van der Waals surface area (Å²) < 4.78 is 0. The molecule has 1 aromatic rings. The van der Waals surface area contributed by atoms with Crippen molar-refractivity contribution in [3.8, 4) is 0 Å². The molecule has 1 aromatic carbocycles. The maximum Gasteiger partial charge on any atom is 0.241 e. The predicted octanol–water partition coefficient (Wildman–Crippen LogP) is 1.88. The van der Waals surface area contributed by atoms with Crippen LogP contribution in [0.2, 0.25) is 5.02 Å². The Hall–Kier alpha value is -0.790. The Morgan fingerprint density at radius 2 is 1.88 bits per heavy atom. The van der Waals surface area contributed by atoms with Gasteiger partial charge in [-0.15, -0.1) is 11.8 Å². The topological polar surface area (TPSA) is 56.4 Å². The van der Waals surface area contributed by atoms with E-state index in [-0.39, 0.29) is 11.9 Å². The van der Waals surface area contributed by atoms with E-state index in [9.17, 15) is 4.79 Å². The monoisotopic (exact) mass is 380 g/mol.